The van der Waals surface area contributed by atoms with Crippen LogP contribution in [0, 0.1) is 5.82 Å². The van der Waals surface area contributed by atoms with Gasteiger partial charge in [-0.2, -0.15) is 0 Å². The van der Waals surface area contributed by atoms with E-state index in [1.54, 1.807) is 18.6 Å². The molecule has 35 heavy (non-hydrogen) atoms. The number of ether oxygens (including phenoxy) is 2. The van der Waals surface area contributed by atoms with Crippen molar-refractivity contribution in [1.29, 1.82) is 0 Å². The van der Waals surface area contributed by atoms with Crippen molar-refractivity contribution >= 4 is 23.2 Å². The molecular weight excluding hydrogens is 469 g/mol. The second-order valence-corrected chi connectivity index (χ2v) is 9.12. The maximum Gasteiger partial charge on any atom is 0.270 e. The largest absolute Gasteiger partial charge is 0.486 e. The highest BCUT2D eigenvalue weighted by Gasteiger charge is 2.32. The summed E-state index contributed by atoms with van der Waals surface area (Å²) in [6, 6.07) is 11.8. The number of nitrogens with one attached hydrogen (secondary N) is 1. The van der Waals surface area contributed by atoms with E-state index in [0.717, 1.165) is 23.1 Å². The van der Waals surface area contributed by atoms with Crippen molar-refractivity contribution in [3.05, 3.63) is 81.1 Å². The van der Waals surface area contributed by atoms with E-state index in [2.05, 4.69) is 10.3 Å². The highest BCUT2D eigenvalue weighted by atomic mass is 32.1. The molecule has 184 valence electrons. The van der Waals surface area contributed by atoms with Crippen LogP contribution >= 0.6 is 11.3 Å². The summed E-state index contributed by atoms with van der Waals surface area (Å²) in [6.45, 7) is 3.46. The van der Waals surface area contributed by atoms with Crippen LogP contribution < -0.4 is 10.1 Å². The first kappa shape index (κ1) is 24.8. The van der Waals surface area contributed by atoms with Crippen LogP contribution in [0.3, 0.4) is 0 Å². The van der Waals surface area contributed by atoms with Crippen molar-refractivity contribution < 1.29 is 23.5 Å². The third kappa shape index (κ3) is 5.86. The number of nitrogens with zero attached hydrogens (tertiary/aromatic N) is 2. The van der Waals surface area contributed by atoms with Gasteiger partial charge in [-0.15, -0.1) is 11.3 Å². The van der Waals surface area contributed by atoms with Crippen LogP contribution in [0.4, 0.5) is 4.39 Å². The van der Waals surface area contributed by atoms with E-state index in [-0.39, 0.29) is 30.3 Å². The normalized spacial score (nSPS) is 14.9. The summed E-state index contributed by atoms with van der Waals surface area (Å²) < 4.78 is 25.0. The van der Waals surface area contributed by atoms with Gasteiger partial charge in [0.1, 0.15) is 28.9 Å². The second-order valence-electron chi connectivity index (χ2n) is 8.17. The molecule has 0 spiro atoms. The lowest BCUT2D eigenvalue weighted by molar-refractivity contribution is -0.132. The minimum absolute atomic E-state index is 0.0234. The van der Waals surface area contributed by atoms with Crippen LogP contribution in [0.25, 0.3) is 0 Å². The third-order valence-electron chi connectivity index (χ3n) is 5.87. The van der Waals surface area contributed by atoms with Gasteiger partial charge >= 0.3 is 0 Å². The van der Waals surface area contributed by atoms with Crippen LogP contribution in [0.15, 0.2) is 47.8 Å². The number of aromatic nitrogens is 1. The standard InChI is InChI=1S/C26H28FN3O4S/c1-3-24(31)30-11-9-17-7-8-20(14-21(17)25(30)18-5-4-6-19(27)13-18)34-15-23-29-22(16-35-23)26(32)28-10-12-33-2/h4-8,13-14,16,25H,3,9-12,15H2,1-2H3,(H,28,32). The van der Waals surface area contributed by atoms with Crippen molar-refractivity contribution in [2.45, 2.75) is 32.4 Å². The Labute approximate surface area is 207 Å². The Bertz CT molecular complexity index is 1200. The van der Waals surface area contributed by atoms with E-state index in [9.17, 15) is 14.0 Å². The van der Waals surface area contributed by atoms with Gasteiger partial charge < -0.3 is 19.7 Å². The van der Waals surface area contributed by atoms with Crippen LogP contribution in [-0.2, 0) is 22.6 Å². The fourth-order valence-electron chi connectivity index (χ4n) is 4.17. The van der Waals surface area contributed by atoms with E-state index in [4.69, 9.17) is 9.47 Å². The zero-order chi connectivity index (χ0) is 24.8. The first-order chi connectivity index (χ1) is 17.0. The second kappa shape index (κ2) is 11.4. The number of hydrogen-bond donors (Lipinski definition) is 1. The number of methoxy groups -OCH3 is 1. The summed E-state index contributed by atoms with van der Waals surface area (Å²) >= 11 is 1.35. The molecule has 3 aromatic rings. The summed E-state index contributed by atoms with van der Waals surface area (Å²) in [5.74, 6) is 0.0567. The monoisotopic (exact) mass is 497 g/mol. The van der Waals surface area contributed by atoms with Crippen LogP contribution in [0.1, 0.15) is 51.6 Å². The highest BCUT2D eigenvalue weighted by Crippen LogP contribution is 2.37. The van der Waals surface area contributed by atoms with Gasteiger partial charge in [-0.25, -0.2) is 9.37 Å². The molecular formula is C26H28FN3O4S. The van der Waals surface area contributed by atoms with Crippen molar-refractivity contribution in [2.75, 3.05) is 26.8 Å². The summed E-state index contributed by atoms with van der Waals surface area (Å²) in [6.07, 6.45) is 1.10. The minimum atomic E-state index is -0.382. The van der Waals surface area contributed by atoms with Crippen molar-refractivity contribution in [2.24, 2.45) is 0 Å². The molecule has 9 heteroatoms. The molecule has 1 atom stereocenters. The summed E-state index contributed by atoms with van der Waals surface area (Å²) in [5, 5.41) is 5.11. The predicted octanol–water partition coefficient (Wildman–Crippen LogP) is 4.12. The number of amides is 2. The Kier molecular flexibility index (Phi) is 8.09. The topological polar surface area (TPSA) is 80.8 Å². The fraction of sp³-hybridized carbons (Fsp3) is 0.346. The smallest absolute Gasteiger partial charge is 0.270 e. The van der Waals surface area contributed by atoms with Gasteiger partial charge in [0.05, 0.1) is 12.6 Å². The number of fused-ring (bicyclic) bond motifs is 1. The van der Waals surface area contributed by atoms with Gasteiger partial charge in [0.2, 0.25) is 5.91 Å². The Morgan fingerprint density at radius 3 is 2.89 bits per heavy atom. The molecule has 0 saturated carbocycles. The van der Waals surface area contributed by atoms with Crippen LogP contribution in [0.2, 0.25) is 0 Å². The lowest BCUT2D eigenvalue weighted by atomic mass is 9.87. The zero-order valence-electron chi connectivity index (χ0n) is 19.8. The maximum absolute atomic E-state index is 14.1. The molecule has 1 aromatic heterocycles. The number of rotatable bonds is 9. The molecule has 2 aromatic carbocycles. The van der Waals surface area contributed by atoms with E-state index in [1.807, 2.05) is 36.1 Å². The molecule has 1 N–H and O–H groups in total. The molecule has 0 radical (unpaired) electrons. The number of carbonyl (C=O) groups is 2. The van der Waals surface area contributed by atoms with Gasteiger partial charge in [-0.3, -0.25) is 9.59 Å². The highest BCUT2D eigenvalue weighted by molar-refractivity contribution is 7.09. The number of thiazole rings is 1. The first-order valence-corrected chi connectivity index (χ1v) is 12.4. The molecule has 1 aliphatic heterocycles. The quantitative estimate of drug-likeness (QED) is 0.450. The van der Waals surface area contributed by atoms with E-state index in [1.165, 1.54) is 23.5 Å². The van der Waals surface area contributed by atoms with E-state index >= 15 is 0 Å². The molecule has 2 heterocycles. The van der Waals surface area contributed by atoms with Gasteiger partial charge in [0.25, 0.3) is 5.91 Å². The van der Waals surface area contributed by atoms with E-state index in [0.29, 0.717) is 42.6 Å². The average molecular weight is 498 g/mol. The number of halogens is 1. The van der Waals surface area contributed by atoms with Gasteiger partial charge in [-0.05, 0) is 47.4 Å². The molecule has 0 fully saturated rings. The third-order valence-corrected chi connectivity index (χ3v) is 6.69. The number of benzene rings is 2. The van der Waals surface area contributed by atoms with E-state index < -0.39 is 0 Å². The summed E-state index contributed by atoms with van der Waals surface area (Å²) in [4.78, 5) is 31.1. The summed E-state index contributed by atoms with van der Waals surface area (Å²) in [7, 11) is 1.57. The molecule has 0 aliphatic carbocycles. The predicted molar refractivity (Wildman–Crippen MR) is 131 cm³/mol. The number of hydrogen-bond acceptors (Lipinski definition) is 6. The van der Waals surface area contributed by atoms with Gasteiger partial charge in [0.15, 0.2) is 0 Å². The molecule has 1 unspecified atom stereocenters. The Hall–Kier alpha value is -3.30. The van der Waals surface area contributed by atoms with Gasteiger partial charge in [0, 0.05) is 32.0 Å². The summed E-state index contributed by atoms with van der Waals surface area (Å²) in [5.41, 5.74) is 3.11. The zero-order valence-corrected chi connectivity index (χ0v) is 20.6. The molecule has 1 aliphatic rings. The molecule has 0 bridgehead atoms. The average Bonchev–Trinajstić information content (AvgIpc) is 3.35. The first-order valence-electron chi connectivity index (χ1n) is 11.5. The SMILES string of the molecule is CCC(=O)N1CCc2ccc(OCc3nc(C(=O)NCCOC)cs3)cc2C1c1cccc(F)c1. The Morgan fingerprint density at radius 2 is 2.11 bits per heavy atom. The lowest BCUT2D eigenvalue weighted by Crippen LogP contribution is -2.40. The van der Waals surface area contributed by atoms with Crippen LogP contribution in [0.5, 0.6) is 5.75 Å². The van der Waals surface area contributed by atoms with Crippen molar-refractivity contribution in [3.63, 3.8) is 0 Å². The maximum atomic E-state index is 14.1. The molecule has 2 amide bonds. The minimum Gasteiger partial charge on any atom is -0.486 e. The fourth-order valence-corrected chi connectivity index (χ4v) is 4.86. The molecule has 7 nitrogen and oxygen atoms in total. The van der Waals surface area contributed by atoms with Crippen molar-refractivity contribution in [1.82, 2.24) is 15.2 Å². The van der Waals surface area contributed by atoms with Crippen LogP contribution in [-0.4, -0.2) is 48.5 Å². The Morgan fingerprint density at radius 1 is 1.26 bits per heavy atom. The number of carbonyl (C=O) groups excluding carboxylic acids is 2. The molecule has 4 rings (SSSR count). The van der Waals surface area contributed by atoms with Crippen molar-refractivity contribution in [3.8, 4) is 5.75 Å². The lowest BCUT2D eigenvalue weighted by Gasteiger charge is -2.38. The molecule has 0 saturated heterocycles. The van der Waals surface area contributed by atoms with Gasteiger partial charge in [-0.1, -0.05) is 25.1 Å². The Balaban J connectivity index is 1.53.